The lowest BCUT2D eigenvalue weighted by Gasteiger charge is -1.97. The van der Waals surface area contributed by atoms with Crippen LogP contribution in [-0.2, 0) is 4.74 Å². The van der Waals surface area contributed by atoms with Gasteiger partial charge in [0.25, 0.3) is 0 Å². The Balaban J connectivity index is 2.29. The molecule has 0 N–H and O–H groups in total. The summed E-state index contributed by atoms with van der Waals surface area (Å²) in [5, 5.41) is 0. The maximum Gasteiger partial charge on any atom is 0.235 e. The first-order valence-corrected chi connectivity index (χ1v) is 3.40. The zero-order valence-corrected chi connectivity index (χ0v) is 5.90. The van der Waals surface area contributed by atoms with Crippen LogP contribution in [0.15, 0.2) is 23.6 Å². The van der Waals surface area contributed by atoms with Crippen LogP contribution in [0.2, 0.25) is 0 Å². The maximum absolute atomic E-state index is 5.20. The highest BCUT2D eigenvalue weighted by atomic mass is 16.5. The lowest BCUT2D eigenvalue weighted by Crippen LogP contribution is -2.03. The van der Waals surface area contributed by atoms with Crippen molar-refractivity contribution in [1.82, 2.24) is 9.97 Å². The molecule has 56 valence electrons. The standard InChI is InChI=1S/C7H7N3O/c1-2-8-5-10-6(1)7-9-3-4-11-7/h1-2,5H,3-4H2. The van der Waals surface area contributed by atoms with Crippen LogP contribution >= 0.6 is 0 Å². The van der Waals surface area contributed by atoms with Crippen LogP contribution in [0.5, 0.6) is 0 Å². The van der Waals surface area contributed by atoms with Crippen molar-refractivity contribution >= 4 is 5.90 Å². The van der Waals surface area contributed by atoms with E-state index >= 15 is 0 Å². The van der Waals surface area contributed by atoms with E-state index < -0.39 is 0 Å². The first-order chi connectivity index (χ1) is 5.47. The summed E-state index contributed by atoms with van der Waals surface area (Å²) in [6.07, 6.45) is 3.16. The van der Waals surface area contributed by atoms with Gasteiger partial charge >= 0.3 is 0 Å². The fraction of sp³-hybridized carbons (Fsp3) is 0.286. The minimum Gasteiger partial charge on any atom is -0.474 e. The number of hydrogen-bond acceptors (Lipinski definition) is 4. The molecule has 1 aromatic heterocycles. The fourth-order valence-electron chi connectivity index (χ4n) is 0.907. The van der Waals surface area contributed by atoms with E-state index in [0.29, 0.717) is 12.5 Å². The topological polar surface area (TPSA) is 47.4 Å². The predicted octanol–water partition coefficient (Wildman–Crippen LogP) is 0.253. The molecule has 0 amide bonds. The molecule has 4 heteroatoms. The number of rotatable bonds is 1. The molecule has 0 spiro atoms. The second-order valence-electron chi connectivity index (χ2n) is 2.13. The van der Waals surface area contributed by atoms with Gasteiger partial charge in [-0.3, -0.25) is 0 Å². The highest BCUT2D eigenvalue weighted by Crippen LogP contribution is 2.02. The molecule has 1 aromatic rings. The van der Waals surface area contributed by atoms with Crippen LogP contribution in [0.25, 0.3) is 0 Å². The van der Waals surface area contributed by atoms with Crippen LogP contribution < -0.4 is 0 Å². The van der Waals surface area contributed by atoms with Crippen molar-refractivity contribution in [3.8, 4) is 0 Å². The van der Waals surface area contributed by atoms with Crippen LogP contribution in [0.1, 0.15) is 5.69 Å². The van der Waals surface area contributed by atoms with Crippen molar-refractivity contribution in [2.24, 2.45) is 4.99 Å². The van der Waals surface area contributed by atoms with Gasteiger partial charge in [0, 0.05) is 6.20 Å². The Bertz CT molecular complexity index is 270. The van der Waals surface area contributed by atoms with Crippen molar-refractivity contribution in [3.63, 3.8) is 0 Å². The van der Waals surface area contributed by atoms with Gasteiger partial charge in [-0.05, 0) is 6.07 Å². The molecule has 0 atom stereocenters. The van der Waals surface area contributed by atoms with Crippen molar-refractivity contribution < 1.29 is 4.74 Å². The Morgan fingerprint density at radius 2 is 2.45 bits per heavy atom. The number of aliphatic imine (C=N–C) groups is 1. The summed E-state index contributed by atoms with van der Waals surface area (Å²) >= 11 is 0. The van der Waals surface area contributed by atoms with Crippen molar-refractivity contribution in [3.05, 3.63) is 24.3 Å². The average Bonchev–Trinajstić information content (AvgIpc) is 2.58. The SMILES string of the molecule is c1cc(C2=NCCO2)ncn1. The third-order valence-corrected chi connectivity index (χ3v) is 1.39. The molecule has 0 saturated carbocycles. The quantitative estimate of drug-likeness (QED) is 0.575. The van der Waals surface area contributed by atoms with Crippen molar-refractivity contribution in [1.29, 1.82) is 0 Å². The Kier molecular flexibility index (Phi) is 1.51. The van der Waals surface area contributed by atoms with E-state index in [1.165, 1.54) is 6.33 Å². The molecular weight excluding hydrogens is 142 g/mol. The minimum atomic E-state index is 0.632. The molecule has 0 aromatic carbocycles. The second kappa shape index (κ2) is 2.65. The monoisotopic (exact) mass is 149 g/mol. The number of hydrogen-bond donors (Lipinski definition) is 0. The highest BCUT2D eigenvalue weighted by Gasteiger charge is 2.09. The van der Waals surface area contributed by atoms with Gasteiger partial charge in [-0.2, -0.15) is 0 Å². The van der Waals surface area contributed by atoms with E-state index in [4.69, 9.17) is 4.74 Å². The molecule has 0 aliphatic carbocycles. The van der Waals surface area contributed by atoms with E-state index in [-0.39, 0.29) is 0 Å². The van der Waals surface area contributed by atoms with Gasteiger partial charge in [0.1, 0.15) is 18.6 Å². The predicted molar refractivity (Wildman–Crippen MR) is 39.4 cm³/mol. The van der Waals surface area contributed by atoms with Crippen LogP contribution in [-0.4, -0.2) is 29.0 Å². The van der Waals surface area contributed by atoms with Gasteiger partial charge < -0.3 is 4.74 Å². The van der Waals surface area contributed by atoms with Crippen LogP contribution in [0.3, 0.4) is 0 Å². The molecule has 1 aliphatic rings. The summed E-state index contributed by atoms with van der Waals surface area (Å²) in [4.78, 5) is 11.9. The van der Waals surface area contributed by atoms with Gasteiger partial charge in [0.15, 0.2) is 0 Å². The van der Waals surface area contributed by atoms with Gasteiger partial charge in [-0.1, -0.05) is 0 Å². The van der Waals surface area contributed by atoms with E-state index in [0.717, 1.165) is 12.2 Å². The third kappa shape index (κ3) is 1.19. The first kappa shape index (κ1) is 6.27. The van der Waals surface area contributed by atoms with E-state index in [1.54, 1.807) is 12.3 Å². The lowest BCUT2D eigenvalue weighted by molar-refractivity contribution is 0.347. The van der Waals surface area contributed by atoms with Crippen molar-refractivity contribution in [2.45, 2.75) is 0 Å². The molecule has 0 radical (unpaired) electrons. The normalized spacial score (nSPS) is 15.8. The molecule has 11 heavy (non-hydrogen) atoms. The summed E-state index contributed by atoms with van der Waals surface area (Å²) in [5.74, 6) is 0.632. The number of nitrogens with zero attached hydrogens (tertiary/aromatic N) is 3. The Morgan fingerprint density at radius 3 is 3.09 bits per heavy atom. The highest BCUT2D eigenvalue weighted by molar-refractivity contribution is 5.92. The zero-order valence-electron chi connectivity index (χ0n) is 5.90. The Morgan fingerprint density at radius 1 is 1.45 bits per heavy atom. The molecule has 1 aliphatic heterocycles. The minimum absolute atomic E-state index is 0.632. The first-order valence-electron chi connectivity index (χ1n) is 3.40. The summed E-state index contributed by atoms with van der Waals surface area (Å²) in [6, 6.07) is 1.78. The van der Waals surface area contributed by atoms with Gasteiger partial charge in [0.05, 0.1) is 6.54 Å². The van der Waals surface area contributed by atoms with E-state index in [9.17, 15) is 0 Å². The molecule has 0 saturated heterocycles. The molecule has 2 rings (SSSR count). The molecule has 0 unspecified atom stereocenters. The zero-order chi connectivity index (χ0) is 7.52. The van der Waals surface area contributed by atoms with Crippen LogP contribution in [0, 0.1) is 0 Å². The number of ether oxygens (including phenoxy) is 1. The summed E-state index contributed by atoms with van der Waals surface area (Å²) in [6.45, 7) is 1.40. The van der Waals surface area contributed by atoms with E-state index in [1.807, 2.05) is 0 Å². The molecule has 0 bridgehead atoms. The maximum atomic E-state index is 5.20. The van der Waals surface area contributed by atoms with Gasteiger partial charge in [-0.25, -0.2) is 15.0 Å². The summed E-state index contributed by atoms with van der Waals surface area (Å²) in [5.41, 5.74) is 0.762. The third-order valence-electron chi connectivity index (χ3n) is 1.39. The van der Waals surface area contributed by atoms with Crippen molar-refractivity contribution in [2.75, 3.05) is 13.2 Å². The fourth-order valence-corrected chi connectivity index (χ4v) is 0.907. The van der Waals surface area contributed by atoms with Crippen LogP contribution in [0.4, 0.5) is 0 Å². The molecule has 2 heterocycles. The van der Waals surface area contributed by atoms with E-state index in [2.05, 4.69) is 15.0 Å². The molecule has 0 fully saturated rings. The molecule has 4 nitrogen and oxygen atoms in total. The van der Waals surface area contributed by atoms with Gasteiger partial charge in [0.2, 0.25) is 5.90 Å². The summed E-state index contributed by atoms with van der Waals surface area (Å²) < 4.78 is 5.20. The smallest absolute Gasteiger partial charge is 0.235 e. The number of aromatic nitrogens is 2. The molecular formula is C7H7N3O. The lowest BCUT2D eigenvalue weighted by atomic mass is 10.4. The Hall–Kier alpha value is -1.45. The van der Waals surface area contributed by atoms with Gasteiger partial charge in [-0.15, -0.1) is 0 Å². The second-order valence-corrected chi connectivity index (χ2v) is 2.13. The average molecular weight is 149 g/mol. The Labute approximate surface area is 64.0 Å². The largest absolute Gasteiger partial charge is 0.474 e. The summed E-state index contributed by atoms with van der Waals surface area (Å²) in [7, 11) is 0.